The summed E-state index contributed by atoms with van der Waals surface area (Å²) in [4.78, 5) is 23.8. The van der Waals surface area contributed by atoms with Gasteiger partial charge in [0.1, 0.15) is 13.2 Å². The SMILES string of the molecule is CN(C)CCCNC(=O)OCC1COC(=O)O1. The molecule has 1 heterocycles. The molecule has 1 aliphatic heterocycles. The van der Waals surface area contributed by atoms with Gasteiger partial charge in [-0.15, -0.1) is 0 Å². The Labute approximate surface area is 100.0 Å². The standard InChI is InChI=1S/C10H18N2O5/c1-12(2)5-3-4-11-9(13)15-6-8-7-16-10(14)17-8/h8H,3-7H2,1-2H3,(H,11,13). The van der Waals surface area contributed by atoms with Gasteiger partial charge in [0.05, 0.1) is 0 Å². The largest absolute Gasteiger partial charge is 0.508 e. The van der Waals surface area contributed by atoms with E-state index >= 15 is 0 Å². The van der Waals surface area contributed by atoms with Crippen molar-refractivity contribution in [2.75, 3.05) is 40.4 Å². The molecule has 1 saturated heterocycles. The van der Waals surface area contributed by atoms with E-state index in [4.69, 9.17) is 9.47 Å². The molecule has 1 amide bonds. The third kappa shape index (κ3) is 5.96. The summed E-state index contributed by atoms with van der Waals surface area (Å²) in [5.41, 5.74) is 0. The van der Waals surface area contributed by atoms with Crippen LogP contribution in [0.15, 0.2) is 0 Å². The summed E-state index contributed by atoms with van der Waals surface area (Å²) in [5, 5.41) is 2.60. The van der Waals surface area contributed by atoms with E-state index in [1.807, 2.05) is 19.0 Å². The third-order valence-electron chi connectivity index (χ3n) is 2.10. The summed E-state index contributed by atoms with van der Waals surface area (Å²) in [6, 6.07) is 0. The molecule has 98 valence electrons. The smallest absolute Gasteiger partial charge is 0.445 e. The van der Waals surface area contributed by atoms with Crippen LogP contribution in [-0.2, 0) is 14.2 Å². The summed E-state index contributed by atoms with van der Waals surface area (Å²) >= 11 is 0. The minimum atomic E-state index is -0.718. The van der Waals surface area contributed by atoms with Gasteiger partial charge in [0.25, 0.3) is 0 Å². The second-order valence-corrected chi connectivity index (χ2v) is 3.98. The molecule has 0 spiro atoms. The van der Waals surface area contributed by atoms with E-state index in [0.717, 1.165) is 13.0 Å². The molecule has 1 N–H and O–H groups in total. The lowest BCUT2D eigenvalue weighted by Crippen LogP contribution is -2.30. The number of rotatable bonds is 6. The lowest BCUT2D eigenvalue weighted by Gasteiger charge is -2.11. The summed E-state index contributed by atoms with van der Waals surface area (Å²) in [6.45, 7) is 1.60. The van der Waals surface area contributed by atoms with E-state index in [9.17, 15) is 9.59 Å². The molecule has 1 rings (SSSR count). The summed E-state index contributed by atoms with van der Waals surface area (Å²) in [5.74, 6) is 0. The number of ether oxygens (including phenoxy) is 3. The molecule has 1 unspecified atom stereocenters. The maximum absolute atomic E-state index is 11.2. The summed E-state index contributed by atoms with van der Waals surface area (Å²) in [6.07, 6.45) is -0.865. The maximum Gasteiger partial charge on any atom is 0.508 e. The number of carbonyl (C=O) groups is 2. The van der Waals surface area contributed by atoms with Gasteiger partial charge in [-0.05, 0) is 27.1 Å². The van der Waals surface area contributed by atoms with Crippen LogP contribution in [0.1, 0.15) is 6.42 Å². The van der Waals surface area contributed by atoms with Gasteiger partial charge in [0.15, 0.2) is 6.10 Å². The molecule has 0 radical (unpaired) electrons. The van der Waals surface area contributed by atoms with Crippen molar-refractivity contribution in [2.24, 2.45) is 0 Å². The fourth-order valence-electron chi connectivity index (χ4n) is 1.25. The Morgan fingerprint density at radius 1 is 1.59 bits per heavy atom. The highest BCUT2D eigenvalue weighted by Gasteiger charge is 2.26. The number of nitrogens with zero attached hydrogens (tertiary/aromatic N) is 1. The number of nitrogens with one attached hydrogen (secondary N) is 1. The van der Waals surface area contributed by atoms with Gasteiger partial charge in [-0.25, -0.2) is 9.59 Å². The van der Waals surface area contributed by atoms with Crippen LogP contribution >= 0.6 is 0 Å². The van der Waals surface area contributed by atoms with E-state index in [1.165, 1.54) is 0 Å². The fraction of sp³-hybridized carbons (Fsp3) is 0.800. The Morgan fingerprint density at radius 2 is 2.35 bits per heavy atom. The highest BCUT2D eigenvalue weighted by molar-refractivity contribution is 5.67. The molecule has 1 atom stereocenters. The van der Waals surface area contributed by atoms with E-state index in [-0.39, 0.29) is 13.2 Å². The Bertz CT molecular complexity index is 269. The number of hydrogen-bond acceptors (Lipinski definition) is 6. The summed E-state index contributed by atoms with van der Waals surface area (Å²) in [7, 11) is 3.93. The van der Waals surface area contributed by atoms with Crippen LogP contribution in [0.4, 0.5) is 9.59 Å². The molecule has 0 bridgehead atoms. The fourth-order valence-corrected chi connectivity index (χ4v) is 1.25. The van der Waals surface area contributed by atoms with Crippen molar-refractivity contribution >= 4 is 12.2 Å². The molecule has 0 aromatic heterocycles. The molecular weight excluding hydrogens is 228 g/mol. The first-order chi connectivity index (χ1) is 8.08. The quantitative estimate of drug-likeness (QED) is 0.533. The van der Waals surface area contributed by atoms with Gasteiger partial charge in [-0.3, -0.25) is 0 Å². The predicted octanol–water partition coefficient (Wildman–Crippen LogP) is 0.200. The Kier molecular flexibility index (Phi) is 5.55. The third-order valence-corrected chi connectivity index (χ3v) is 2.10. The topological polar surface area (TPSA) is 77.1 Å². The highest BCUT2D eigenvalue weighted by atomic mass is 16.8. The molecule has 7 heteroatoms. The minimum absolute atomic E-state index is 0.0191. The van der Waals surface area contributed by atoms with Crippen LogP contribution in [0.3, 0.4) is 0 Å². The number of alkyl carbamates (subject to hydrolysis) is 1. The van der Waals surface area contributed by atoms with Crippen LogP contribution in [0.5, 0.6) is 0 Å². The van der Waals surface area contributed by atoms with E-state index in [0.29, 0.717) is 6.54 Å². The van der Waals surface area contributed by atoms with Crippen molar-refractivity contribution in [2.45, 2.75) is 12.5 Å². The van der Waals surface area contributed by atoms with Crippen LogP contribution in [-0.4, -0.2) is 63.7 Å². The second kappa shape index (κ2) is 6.95. The van der Waals surface area contributed by atoms with Crippen molar-refractivity contribution in [3.05, 3.63) is 0 Å². The normalized spacial score (nSPS) is 18.8. The van der Waals surface area contributed by atoms with Crippen molar-refractivity contribution in [3.8, 4) is 0 Å². The molecule has 17 heavy (non-hydrogen) atoms. The Balaban J connectivity index is 1.99. The van der Waals surface area contributed by atoms with Gasteiger partial charge in [0, 0.05) is 6.54 Å². The zero-order chi connectivity index (χ0) is 12.7. The van der Waals surface area contributed by atoms with Crippen LogP contribution in [0.25, 0.3) is 0 Å². The summed E-state index contributed by atoms with van der Waals surface area (Å²) < 4.78 is 14.1. The number of carbonyl (C=O) groups excluding carboxylic acids is 2. The highest BCUT2D eigenvalue weighted by Crippen LogP contribution is 2.05. The molecule has 1 fully saturated rings. The molecule has 0 aliphatic carbocycles. The molecule has 0 saturated carbocycles. The lowest BCUT2D eigenvalue weighted by molar-refractivity contribution is 0.0727. The van der Waals surface area contributed by atoms with Crippen LogP contribution < -0.4 is 5.32 Å². The van der Waals surface area contributed by atoms with E-state index in [2.05, 4.69) is 10.1 Å². The first-order valence-electron chi connectivity index (χ1n) is 5.46. The van der Waals surface area contributed by atoms with Crippen LogP contribution in [0.2, 0.25) is 0 Å². The Hall–Kier alpha value is -1.50. The first-order valence-corrected chi connectivity index (χ1v) is 5.46. The van der Waals surface area contributed by atoms with Gasteiger partial charge in [-0.2, -0.15) is 0 Å². The number of amides is 1. The van der Waals surface area contributed by atoms with Crippen molar-refractivity contribution in [1.29, 1.82) is 0 Å². The maximum atomic E-state index is 11.2. The van der Waals surface area contributed by atoms with Gasteiger partial charge < -0.3 is 24.4 Å². The average molecular weight is 246 g/mol. The second-order valence-electron chi connectivity index (χ2n) is 3.98. The van der Waals surface area contributed by atoms with Gasteiger partial charge >= 0.3 is 12.2 Å². The molecular formula is C10H18N2O5. The first kappa shape index (κ1) is 13.6. The van der Waals surface area contributed by atoms with Crippen molar-refractivity contribution < 1.29 is 23.8 Å². The van der Waals surface area contributed by atoms with Gasteiger partial charge in [0.2, 0.25) is 0 Å². The minimum Gasteiger partial charge on any atom is -0.445 e. The number of cyclic esters (lactones) is 2. The van der Waals surface area contributed by atoms with E-state index < -0.39 is 18.4 Å². The number of hydrogen-bond donors (Lipinski definition) is 1. The monoisotopic (exact) mass is 246 g/mol. The van der Waals surface area contributed by atoms with Crippen molar-refractivity contribution in [1.82, 2.24) is 10.2 Å². The van der Waals surface area contributed by atoms with Gasteiger partial charge in [-0.1, -0.05) is 0 Å². The van der Waals surface area contributed by atoms with Crippen LogP contribution in [0, 0.1) is 0 Å². The Morgan fingerprint density at radius 3 is 2.94 bits per heavy atom. The van der Waals surface area contributed by atoms with E-state index in [1.54, 1.807) is 0 Å². The predicted molar refractivity (Wildman–Crippen MR) is 58.7 cm³/mol. The molecule has 0 aromatic rings. The molecule has 0 aromatic carbocycles. The zero-order valence-electron chi connectivity index (χ0n) is 10.1. The zero-order valence-corrected chi connectivity index (χ0v) is 10.1. The lowest BCUT2D eigenvalue weighted by atomic mass is 10.4. The average Bonchev–Trinajstić information content (AvgIpc) is 2.67. The van der Waals surface area contributed by atoms with Crippen molar-refractivity contribution in [3.63, 3.8) is 0 Å². The molecule has 7 nitrogen and oxygen atoms in total. The molecule has 1 aliphatic rings.